The molecule has 0 bridgehead atoms. The first kappa shape index (κ1) is 22.5. The standard InChI is InChI=1S/C8H9F3N2S.C8H5F3O2/c1-13-7-4-5(2-3-6(7)12)14-8(9,10)11;9-8(10,11)13-7-3-1-2-6(4-7)5-12/h2-4,13H,12H2,1H3;1-5H. The highest BCUT2D eigenvalue weighted by Crippen LogP contribution is 2.38. The predicted molar refractivity (Wildman–Crippen MR) is 90.8 cm³/mol. The molecule has 0 spiro atoms. The number of thioether (sulfide) groups is 1. The zero-order valence-corrected chi connectivity index (χ0v) is 14.5. The van der Waals surface area contributed by atoms with Gasteiger partial charge in [-0.1, -0.05) is 12.1 Å². The molecular weight excluding hydrogens is 398 g/mol. The first-order chi connectivity index (χ1) is 12.4. The number of ether oxygens (including phenoxy) is 1. The summed E-state index contributed by atoms with van der Waals surface area (Å²) < 4.78 is 74.6. The molecule has 4 nitrogen and oxygen atoms in total. The van der Waals surface area contributed by atoms with Crippen LogP contribution in [-0.4, -0.2) is 25.2 Å². The molecule has 148 valence electrons. The number of hydrogen-bond acceptors (Lipinski definition) is 5. The Kier molecular flexibility index (Phi) is 7.82. The molecule has 2 rings (SSSR count). The second kappa shape index (κ2) is 9.40. The summed E-state index contributed by atoms with van der Waals surface area (Å²) >= 11 is -0.157. The minimum atomic E-state index is -4.72. The molecule has 0 aliphatic rings. The van der Waals surface area contributed by atoms with Crippen LogP contribution in [0.5, 0.6) is 5.75 Å². The van der Waals surface area contributed by atoms with Gasteiger partial charge in [0, 0.05) is 17.5 Å². The highest BCUT2D eigenvalue weighted by molar-refractivity contribution is 8.00. The van der Waals surface area contributed by atoms with Crippen LogP contribution in [0.3, 0.4) is 0 Å². The van der Waals surface area contributed by atoms with E-state index < -0.39 is 17.6 Å². The zero-order valence-electron chi connectivity index (χ0n) is 13.7. The summed E-state index contributed by atoms with van der Waals surface area (Å²) in [6.45, 7) is 0. The SMILES string of the molecule is CNc1cc(SC(F)(F)F)ccc1N.O=Cc1cccc(OC(F)(F)F)c1. The van der Waals surface area contributed by atoms with Gasteiger partial charge in [0.1, 0.15) is 12.0 Å². The average molecular weight is 412 g/mol. The normalized spacial score (nSPS) is 11.2. The largest absolute Gasteiger partial charge is 0.573 e. The van der Waals surface area contributed by atoms with Crippen LogP contribution in [-0.2, 0) is 0 Å². The monoisotopic (exact) mass is 412 g/mol. The Bertz CT molecular complexity index is 765. The summed E-state index contributed by atoms with van der Waals surface area (Å²) in [6, 6.07) is 8.99. The van der Waals surface area contributed by atoms with Gasteiger partial charge in [-0.2, -0.15) is 13.2 Å². The van der Waals surface area contributed by atoms with E-state index in [-0.39, 0.29) is 22.2 Å². The quantitative estimate of drug-likeness (QED) is 0.308. The summed E-state index contributed by atoms with van der Waals surface area (Å²) in [4.78, 5) is 10.3. The van der Waals surface area contributed by atoms with E-state index in [1.54, 1.807) is 7.05 Å². The molecule has 11 heteroatoms. The molecule has 2 aromatic carbocycles. The molecule has 0 aliphatic carbocycles. The number of benzene rings is 2. The predicted octanol–water partition coefficient (Wildman–Crippen LogP) is 5.32. The van der Waals surface area contributed by atoms with Gasteiger partial charge in [0.25, 0.3) is 0 Å². The van der Waals surface area contributed by atoms with Crippen molar-refractivity contribution in [3.8, 4) is 5.75 Å². The van der Waals surface area contributed by atoms with Crippen molar-refractivity contribution in [2.24, 2.45) is 0 Å². The van der Waals surface area contributed by atoms with Crippen molar-refractivity contribution >= 4 is 29.4 Å². The second-order valence-electron chi connectivity index (χ2n) is 4.79. The fraction of sp³-hybridized carbons (Fsp3) is 0.188. The van der Waals surface area contributed by atoms with Gasteiger partial charge in [-0.05, 0) is 42.1 Å². The summed E-state index contributed by atoms with van der Waals surface area (Å²) in [7, 11) is 1.60. The van der Waals surface area contributed by atoms with E-state index in [1.807, 2.05) is 0 Å². The number of nitrogen functional groups attached to an aromatic ring is 1. The van der Waals surface area contributed by atoms with Crippen LogP contribution in [0.25, 0.3) is 0 Å². The maximum Gasteiger partial charge on any atom is 0.573 e. The van der Waals surface area contributed by atoms with E-state index in [1.165, 1.54) is 30.3 Å². The van der Waals surface area contributed by atoms with Gasteiger partial charge in [-0.25, -0.2) is 0 Å². The third-order valence-corrected chi connectivity index (χ3v) is 3.48. The molecule has 27 heavy (non-hydrogen) atoms. The molecule has 0 amide bonds. The van der Waals surface area contributed by atoms with Crippen molar-refractivity contribution in [1.82, 2.24) is 0 Å². The maximum absolute atomic E-state index is 12.0. The first-order valence-electron chi connectivity index (χ1n) is 7.07. The number of carbonyl (C=O) groups is 1. The van der Waals surface area contributed by atoms with Gasteiger partial charge in [0.15, 0.2) is 0 Å². The third kappa shape index (κ3) is 9.08. The Balaban J connectivity index is 0.000000271. The third-order valence-electron chi connectivity index (χ3n) is 2.76. The molecule has 2 aromatic rings. The van der Waals surface area contributed by atoms with Crippen LogP contribution >= 0.6 is 11.8 Å². The number of carbonyl (C=O) groups excluding carboxylic acids is 1. The number of alkyl halides is 6. The van der Waals surface area contributed by atoms with Gasteiger partial charge < -0.3 is 15.8 Å². The fourth-order valence-corrected chi connectivity index (χ4v) is 2.31. The minimum absolute atomic E-state index is 0.121. The number of halogens is 6. The smallest absolute Gasteiger partial charge is 0.406 e. The zero-order chi connectivity index (χ0) is 20.7. The second-order valence-corrected chi connectivity index (χ2v) is 5.92. The molecule has 3 N–H and O–H groups in total. The highest BCUT2D eigenvalue weighted by atomic mass is 32.2. The number of nitrogens with one attached hydrogen (secondary N) is 1. The fourth-order valence-electron chi connectivity index (χ4n) is 1.73. The summed E-state index contributed by atoms with van der Waals surface area (Å²) in [6.07, 6.45) is -4.27. The Labute approximate surface area is 154 Å². The van der Waals surface area contributed by atoms with Crippen molar-refractivity contribution in [2.75, 3.05) is 18.1 Å². The van der Waals surface area contributed by atoms with E-state index in [9.17, 15) is 31.1 Å². The van der Waals surface area contributed by atoms with Gasteiger partial charge in [0.2, 0.25) is 0 Å². The molecule has 0 atom stereocenters. The van der Waals surface area contributed by atoms with Crippen molar-refractivity contribution in [2.45, 2.75) is 16.8 Å². The van der Waals surface area contributed by atoms with E-state index in [0.29, 0.717) is 17.7 Å². The molecule has 0 saturated carbocycles. The number of rotatable bonds is 4. The van der Waals surface area contributed by atoms with Crippen molar-refractivity contribution in [1.29, 1.82) is 0 Å². The van der Waals surface area contributed by atoms with Gasteiger partial charge >= 0.3 is 11.9 Å². The van der Waals surface area contributed by atoms with E-state index >= 15 is 0 Å². The lowest BCUT2D eigenvalue weighted by atomic mass is 10.2. The Morgan fingerprint density at radius 2 is 1.74 bits per heavy atom. The van der Waals surface area contributed by atoms with E-state index in [2.05, 4.69) is 10.1 Å². The Hall–Kier alpha value is -2.56. The van der Waals surface area contributed by atoms with Crippen molar-refractivity contribution < 1.29 is 35.9 Å². The minimum Gasteiger partial charge on any atom is -0.406 e. The number of nitrogens with two attached hydrogens (primary N) is 1. The topological polar surface area (TPSA) is 64.3 Å². The average Bonchev–Trinajstić information content (AvgIpc) is 2.54. The Morgan fingerprint density at radius 3 is 2.26 bits per heavy atom. The van der Waals surface area contributed by atoms with Gasteiger partial charge in [-0.3, -0.25) is 4.79 Å². The molecule has 0 heterocycles. The summed E-state index contributed by atoms with van der Waals surface area (Å²) in [5.41, 5.74) is 2.32. The first-order valence-corrected chi connectivity index (χ1v) is 7.89. The lowest BCUT2D eigenvalue weighted by Gasteiger charge is -2.09. The molecular formula is C16H14F6N2O2S. The van der Waals surface area contributed by atoms with Crippen LogP contribution in [0.2, 0.25) is 0 Å². The van der Waals surface area contributed by atoms with Crippen molar-refractivity contribution in [3.05, 3.63) is 48.0 Å². The number of hydrogen-bond donors (Lipinski definition) is 2. The van der Waals surface area contributed by atoms with Gasteiger partial charge in [0.05, 0.1) is 11.4 Å². The highest BCUT2D eigenvalue weighted by Gasteiger charge is 2.31. The number of aldehydes is 1. The lowest BCUT2D eigenvalue weighted by Crippen LogP contribution is -2.17. The summed E-state index contributed by atoms with van der Waals surface area (Å²) in [5, 5.41) is 2.72. The lowest BCUT2D eigenvalue weighted by molar-refractivity contribution is -0.274. The van der Waals surface area contributed by atoms with E-state index in [4.69, 9.17) is 5.73 Å². The molecule has 0 radical (unpaired) electrons. The maximum atomic E-state index is 12.0. The van der Waals surface area contributed by atoms with Crippen molar-refractivity contribution in [3.63, 3.8) is 0 Å². The van der Waals surface area contributed by atoms with Crippen LogP contribution in [0, 0.1) is 0 Å². The molecule has 0 fully saturated rings. The molecule has 0 unspecified atom stereocenters. The van der Waals surface area contributed by atoms with Crippen LogP contribution in [0.15, 0.2) is 47.4 Å². The molecule has 0 aliphatic heterocycles. The Morgan fingerprint density at radius 1 is 1.07 bits per heavy atom. The van der Waals surface area contributed by atoms with Crippen LogP contribution in [0.1, 0.15) is 10.4 Å². The summed E-state index contributed by atoms with van der Waals surface area (Å²) in [5.74, 6) is -0.392. The van der Waals surface area contributed by atoms with Crippen LogP contribution in [0.4, 0.5) is 37.7 Å². The molecule has 0 aromatic heterocycles. The van der Waals surface area contributed by atoms with Gasteiger partial charge in [-0.15, -0.1) is 13.2 Å². The van der Waals surface area contributed by atoms with Crippen LogP contribution < -0.4 is 15.8 Å². The number of anilines is 2. The molecule has 0 saturated heterocycles. The van der Waals surface area contributed by atoms with E-state index in [0.717, 1.165) is 12.1 Å².